The summed E-state index contributed by atoms with van der Waals surface area (Å²) in [5, 5.41) is 17.8. The largest absolute Gasteiger partial charge is 0.478 e. The molecule has 1 rings (SSSR count). The lowest BCUT2D eigenvalue weighted by Crippen LogP contribution is -2.22. The summed E-state index contributed by atoms with van der Waals surface area (Å²) < 4.78 is 0.650. The third-order valence-electron chi connectivity index (χ3n) is 2.58. The number of pyridine rings is 1. The smallest absolute Gasteiger partial charge is 0.339 e. The van der Waals surface area contributed by atoms with Gasteiger partial charge in [-0.05, 0) is 41.3 Å². The number of carboxylic acids is 1. The number of rotatable bonds is 7. The SMILES string of the molecule is CN(CCCCCO)c1ncc(Br)cc1C(=O)O. The van der Waals surface area contributed by atoms with E-state index >= 15 is 0 Å². The first-order valence-electron chi connectivity index (χ1n) is 5.77. The number of halogens is 1. The third kappa shape index (κ3) is 4.27. The molecule has 18 heavy (non-hydrogen) atoms. The summed E-state index contributed by atoms with van der Waals surface area (Å²) in [6.07, 6.45) is 4.17. The molecule has 0 bridgehead atoms. The average Bonchev–Trinajstić information content (AvgIpc) is 2.34. The van der Waals surface area contributed by atoms with Gasteiger partial charge >= 0.3 is 5.97 Å². The van der Waals surface area contributed by atoms with Crippen molar-refractivity contribution in [3.8, 4) is 0 Å². The van der Waals surface area contributed by atoms with Crippen LogP contribution in [0.15, 0.2) is 16.7 Å². The highest BCUT2D eigenvalue weighted by atomic mass is 79.9. The van der Waals surface area contributed by atoms with Crippen molar-refractivity contribution in [1.29, 1.82) is 0 Å². The highest BCUT2D eigenvalue weighted by molar-refractivity contribution is 9.10. The number of hydrogen-bond acceptors (Lipinski definition) is 4. The molecule has 2 N–H and O–H groups in total. The summed E-state index contributed by atoms with van der Waals surface area (Å²) in [5.41, 5.74) is 0.189. The molecule has 0 aromatic carbocycles. The van der Waals surface area contributed by atoms with Crippen LogP contribution in [-0.4, -0.2) is 41.4 Å². The summed E-state index contributed by atoms with van der Waals surface area (Å²) >= 11 is 3.21. The fourth-order valence-electron chi connectivity index (χ4n) is 1.64. The molecule has 6 heteroatoms. The fourth-order valence-corrected chi connectivity index (χ4v) is 1.97. The van der Waals surface area contributed by atoms with Crippen LogP contribution in [0, 0.1) is 0 Å². The molecule has 1 aromatic rings. The van der Waals surface area contributed by atoms with Crippen LogP contribution in [-0.2, 0) is 0 Å². The van der Waals surface area contributed by atoms with Crippen molar-refractivity contribution in [2.24, 2.45) is 0 Å². The maximum Gasteiger partial charge on any atom is 0.339 e. The maximum absolute atomic E-state index is 11.1. The molecule has 0 aliphatic carbocycles. The summed E-state index contributed by atoms with van der Waals surface area (Å²) in [7, 11) is 1.82. The van der Waals surface area contributed by atoms with Gasteiger partial charge in [0, 0.05) is 30.9 Å². The van der Waals surface area contributed by atoms with Gasteiger partial charge in [-0.25, -0.2) is 9.78 Å². The number of carbonyl (C=O) groups is 1. The van der Waals surface area contributed by atoms with Gasteiger partial charge in [0.15, 0.2) is 0 Å². The number of anilines is 1. The minimum atomic E-state index is -0.985. The topological polar surface area (TPSA) is 73.7 Å². The predicted octanol–water partition coefficient (Wildman–Crippen LogP) is 2.14. The van der Waals surface area contributed by atoms with Crippen LogP contribution in [0.4, 0.5) is 5.82 Å². The molecule has 0 fully saturated rings. The zero-order chi connectivity index (χ0) is 13.5. The molecule has 0 aliphatic heterocycles. The molecule has 1 aromatic heterocycles. The van der Waals surface area contributed by atoms with Crippen molar-refractivity contribution < 1.29 is 15.0 Å². The molecule has 0 atom stereocenters. The normalized spacial score (nSPS) is 10.4. The van der Waals surface area contributed by atoms with Crippen molar-refractivity contribution in [1.82, 2.24) is 4.98 Å². The van der Waals surface area contributed by atoms with Crippen LogP contribution in [0.3, 0.4) is 0 Å². The average molecular weight is 317 g/mol. The van der Waals surface area contributed by atoms with Crippen molar-refractivity contribution in [3.63, 3.8) is 0 Å². The Hall–Kier alpha value is -1.14. The Morgan fingerprint density at radius 1 is 1.44 bits per heavy atom. The molecule has 0 aliphatic rings. The first kappa shape index (κ1) is 14.9. The quantitative estimate of drug-likeness (QED) is 0.754. The van der Waals surface area contributed by atoms with Gasteiger partial charge in [-0.1, -0.05) is 0 Å². The lowest BCUT2D eigenvalue weighted by Gasteiger charge is -2.19. The maximum atomic E-state index is 11.1. The van der Waals surface area contributed by atoms with E-state index < -0.39 is 5.97 Å². The predicted molar refractivity (Wildman–Crippen MR) is 73.1 cm³/mol. The van der Waals surface area contributed by atoms with E-state index in [-0.39, 0.29) is 12.2 Å². The Morgan fingerprint density at radius 3 is 2.78 bits per heavy atom. The van der Waals surface area contributed by atoms with Crippen LogP contribution >= 0.6 is 15.9 Å². The molecular weight excluding hydrogens is 300 g/mol. The highest BCUT2D eigenvalue weighted by Gasteiger charge is 2.15. The monoisotopic (exact) mass is 316 g/mol. The summed E-state index contributed by atoms with van der Waals surface area (Å²) in [6.45, 7) is 0.912. The third-order valence-corrected chi connectivity index (χ3v) is 3.01. The van der Waals surface area contributed by atoms with Crippen molar-refractivity contribution >= 4 is 27.7 Å². The van der Waals surface area contributed by atoms with E-state index in [4.69, 9.17) is 10.2 Å². The van der Waals surface area contributed by atoms with E-state index in [1.165, 1.54) is 0 Å². The number of aromatic nitrogens is 1. The zero-order valence-electron chi connectivity index (χ0n) is 10.3. The number of unbranched alkanes of at least 4 members (excludes halogenated alkanes) is 2. The minimum Gasteiger partial charge on any atom is -0.478 e. The van der Waals surface area contributed by atoms with Crippen LogP contribution in [0.5, 0.6) is 0 Å². The molecule has 0 spiro atoms. The number of hydrogen-bond donors (Lipinski definition) is 2. The van der Waals surface area contributed by atoms with Crippen molar-refractivity contribution in [2.75, 3.05) is 25.1 Å². The van der Waals surface area contributed by atoms with E-state index in [0.29, 0.717) is 10.3 Å². The van der Waals surface area contributed by atoms with Gasteiger partial charge in [0.25, 0.3) is 0 Å². The molecule has 0 saturated carbocycles. The summed E-state index contributed by atoms with van der Waals surface area (Å²) in [6, 6.07) is 1.55. The van der Waals surface area contributed by atoms with Crippen molar-refractivity contribution in [3.05, 3.63) is 22.3 Å². The fraction of sp³-hybridized carbons (Fsp3) is 0.500. The number of aliphatic hydroxyl groups is 1. The van der Waals surface area contributed by atoms with Crippen LogP contribution < -0.4 is 4.90 Å². The second-order valence-corrected chi connectivity index (χ2v) is 4.95. The Balaban J connectivity index is 2.72. The lowest BCUT2D eigenvalue weighted by molar-refractivity contribution is 0.0697. The highest BCUT2D eigenvalue weighted by Crippen LogP contribution is 2.21. The van der Waals surface area contributed by atoms with Gasteiger partial charge in [-0.15, -0.1) is 0 Å². The number of aliphatic hydroxyl groups excluding tert-OH is 1. The van der Waals surface area contributed by atoms with Gasteiger partial charge in [-0.3, -0.25) is 0 Å². The Morgan fingerprint density at radius 2 is 2.17 bits per heavy atom. The summed E-state index contributed by atoms with van der Waals surface area (Å²) in [5.74, 6) is -0.518. The van der Waals surface area contributed by atoms with E-state index in [2.05, 4.69) is 20.9 Å². The second kappa shape index (κ2) is 7.33. The first-order valence-corrected chi connectivity index (χ1v) is 6.56. The summed E-state index contributed by atoms with van der Waals surface area (Å²) in [4.78, 5) is 17.1. The molecule has 1 heterocycles. The van der Waals surface area contributed by atoms with E-state index in [9.17, 15) is 4.79 Å². The number of aromatic carboxylic acids is 1. The Bertz CT molecular complexity index is 412. The number of nitrogens with zero attached hydrogens (tertiary/aromatic N) is 2. The minimum absolute atomic E-state index is 0.189. The van der Waals surface area contributed by atoms with E-state index in [1.54, 1.807) is 12.3 Å². The Labute approximate surface area is 115 Å². The van der Waals surface area contributed by atoms with Crippen LogP contribution in [0.2, 0.25) is 0 Å². The van der Waals surface area contributed by atoms with Gasteiger partial charge in [0.05, 0.1) is 0 Å². The molecule has 100 valence electrons. The Kier molecular flexibility index (Phi) is 6.07. The van der Waals surface area contributed by atoms with E-state index in [0.717, 1.165) is 25.8 Å². The molecule has 5 nitrogen and oxygen atoms in total. The van der Waals surface area contributed by atoms with Gasteiger partial charge in [-0.2, -0.15) is 0 Å². The van der Waals surface area contributed by atoms with Gasteiger partial charge in [0.2, 0.25) is 0 Å². The molecular formula is C12H17BrN2O3. The molecule has 0 unspecified atom stereocenters. The van der Waals surface area contributed by atoms with Crippen molar-refractivity contribution in [2.45, 2.75) is 19.3 Å². The van der Waals surface area contributed by atoms with Gasteiger partial charge < -0.3 is 15.1 Å². The molecule has 0 amide bonds. The molecule has 0 saturated heterocycles. The molecule has 0 radical (unpaired) electrons. The van der Waals surface area contributed by atoms with Crippen LogP contribution in [0.1, 0.15) is 29.6 Å². The number of carboxylic acid groups (broad SMARTS) is 1. The standard InChI is InChI=1S/C12H17BrN2O3/c1-15(5-3-2-4-6-16)11-10(12(17)18)7-9(13)8-14-11/h7-8,16H,2-6H2,1H3,(H,17,18). The first-order chi connectivity index (χ1) is 8.56. The van der Waals surface area contributed by atoms with E-state index in [1.807, 2.05) is 11.9 Å². The zero-order valence-corrected chi connectivity index (χ0v) is 11.9. The lowest BCUT2D eigenvalue weighted by atomic mass is 10.2. The second-order valence-electron chi connectivity index (χ2n) is 4.04. The van der Waals surface area contributed by atoms with Crippen LogP contribution in [0.25, 0.3) is 0 Å². The van der Waals surface area contributed by atoms with Gasteiger partial charge in [0.1, 0.15) is 11.4 Å².